The maximum Gasteiger partial charge on any atom is 0.268 e. The average Bonchev–Trinajstić information content (AvgIpc) is 3.61. The van der Waals surface area contributed by atoms with Gasteiger partial charge in [-0.1, -0.05) is 12.8 Å². The summed E-state index contributed by atoms with van der Waals surface area (Å²) >= 11 is 4.13. The minimum absolute atomic E-state index is 0.0404. The predicted octanol–water partition coefficient (Wildman–Crippen LogP) is 3.04. The Morgan fingerprint density at radius 1 is 0.638 bits per heavy atom. The van der Waals surface area contributed by atoms with Gasteiger partial charge in [0.1, 0.15) is 18.3 Å². The Morgan fingerprint density at radius 3 is 1.49 bits per heavy atom. The summed E-state index contributed by atoms with van der Waals surface area (Å²) in [6, 6.07) is 0. The van der Waals surface area contributed by atoms with Gasteiger partial charge in [0.05, 0.1) is 69.2 Å². The summed E-state index contributed by atoms with van der Waals surface area (Å²) in [5.41, 5.74) is 0. The lowest BCUT2D eigenvalue weighted by Crippen LogP contribution is -2.34. The molecule has 0 bridgehead atoms. The van der Waals surface area contributed by atoms with E-state index in [-0.39, 0.29) is 44.4 Å². The van der Waals surface area contributed by atoms with Crippen LogP contribution in [0.15, 0.2) is 0 Å². The Morgan fingerprint density at radius 2 is 1.04 bits per heavy atom. The highest BCUT2D eigenvalue weighted by atomic mass is 32.1. The maximum atomic E-state index is 12.8. The summed E-state index contributed by atoms with van der Waals surface area (Å²) in [5, 5.41) is 0. The molecule has 278 valence electrons. The lowest BCUT2D eigenvalue weighted by Gasteiger charge is -2.32. The standard InChI is InChI=1S/C27H53O16P3S/c1-18(2)38-22-12-19(3)39-25(22)15-36-45(30,31)43-24-14-21(5)41-27(24)17-37-46(32,33)42-23-13-20(4)40-26(23)16-35-44(28,29)34-10-8-6-7-9-11-47/h18-27,47H,6-17H2,1-5H3,(H,28,29)(H,30,31)(H,32,33)/p-3/t19-,20-,21-,22-,23-,24-,25?,26?,27?/m0/s1. The van der Waals surface area contributed by atoms with E-state index in [1.807, 2.05) is 20.8 Å². The van der Waals surface area contributed by atoms with Crippen molar-refractivity contribution >= 4 is 36.1 Å². The molecule has 47 heavy (non-hydrogen) atoms. The number of rotatable bonds is 22. The summed E-state index contributed by atoms with van der Waals surface area (Å²) in [5.74, 6) is 0.753. The molecule has 3 heterocycles. The van der Waals surface area contributed by atoms with Crippen molar-refractivity contribution in [3.8, 4) is 0 Å². The fraction of sp³-hybridized carbons (Fsp3) is 1.00. The number of phosphoric ester groups is 3. The summed E-state index contributed by atoms with van der Waals surface area (Å²) in [6.45, 7) is 7.45. The quantitative estimate of drug-likeness (QED) is 0.0955. The topological polar surface area (TPSA) is 213 Å². The fourth-order valence-electron chi connectivity index (χ4n) is 5.58. The van der Waals surface area contributed by atoms with E-state index in [0.29, 0.717) is 12.8 Å². The van der Waals surface area contributed by atoms with E-state index in [1.165, 1.54) is 0 Å². The van der Waals surface area contributed by atoms with Gasteiger partial charge >= 0.3 is 0 Å². The molecule has 3 fully saturated rings. The van der Waals surface area contributed by atoms with Crippen molar-refractivity contribution in [3.05, 3.63) is 0 Å². The molecule has 6 unspecified atom stereocenters. The van der Waals surface area contributed by atoms with E-state index in [1.54, 1.807) is 13.8 Å². The highest BCUT2D eigenvalue weighted by Crippen LogP contribution is 2.48. The monoisotopic (exact) mass is 755 g/mol. The Bertz CT molecular complexity index is 1090. The molecule has 3 saturated heterocycles. The fourth-order valence-corrected chi connectivity index (χ4v) is 8.45. The average molecular weight is 756 g/mol. The molecule has 0 spiro atoms. The zero-order valence-corrected chi connectivity index (χ0v) is 31.2. The molecule has 3 rings (SSSR count). The van der Waals surface area contributed by atoms with Gasteiger partial charge in [0.15, 0.2) is 0 Å². The number of hydrogen-bond acceptors (Lipinski definition) is 17. The highest BCUT2D eigenvalue weighted by molar-refractivity contribution is 7.80. The van der Waals surface area contributed by atoms with Crippen LogP contribution in [0.4, 0.5) is 0 Å². The molecule has 0 aliphatic carbocycles. The molecule has 3 aliphatic heterocycles. The van der Waals surface area contributed by atoms with Crippen LogP contribution in [-0.2, 0) is 59.8 Å². The van der Waals surface area contributed by atoms with E-state index >= 15 is 0 Å². The third-order valence-corrected chi connectivity index (χ3v) is 10.9. The van der Waals surface area contributed by atoms with Crippen LogP contribution in [0, 0.1) is 0 Å². The van der Waals surface area contributed by atoms with Gasteiger partial charge in [-0.15, -0.1) is 0 Å². The van der Waals surface area contributed by atoms with Crippen LogP contribution in [0.1, 0.15) is 79.6 Å². The van der Waals surface area contributed by atoms with E-state index in [9.17, 15) is 28.4 Å². The Balaban J connectivity index is 1.47. The van der Waals surface area contributed by atoms with E-state index in [0.717, 1.165) is 25.0 Å². The largest absolute Gasteiger partial charge is 0.756 e. The minimum atomic E-state index is -5.02. The van der Waals surface area contributed by atoms with Crippen molar-refractivity contribution < 1.29 is 74.5 Å². The Labute approximate surface area is 283 Å². The summed E-state index contributed by atoms with van der Waals surface area (Å²) in [7, 11) is -14.5. The molecule has 0 aromatic rings. The first kappa shape index (κ1) is 41.9. The van der Waals surface area contributed by atoms with E-state index < -0.39 is 79.4 Å². The molecule has 16 nitrogen and oxygen atoms in total. The molecule has 12 atom stereocenters. The Hall–Kier alpha value is 0.520. The van der Waals surface area contributed by atoms with Gasteiger partial charge in [-0.3, -0.25) is 13.7 Å². The SMILES string of the molecule is CC(C)O[C@H]1C[C@H](C)OC1COP(=O)([O-])O[C@H]1C[C@H](C)OC1COP(=O)([O-])O[C@H]1C[C@H](C)OC1COP(=O)([O-])OCCCCCCS. The third kappa shape index (κ3) is 15.3. The summed E-state index contributed by atoms with van der Waals surface area (Å²) in [4.78, 5) is 37.7. The second kappa shape index (κ2) is 19.4. The van der Waals surface area contributed by atoms with Gasteiger partial charge in [0.25, 0.3) is 23.5 Å². The number of thiol groups is 1. The first-order valence-electron chi connectivity index (χ1n) is 16.1. The number of ether oxygens (including phenoxy) is 4. The van der Waals surface area contributed by atoms with Gasteiger partial charge in [-0.2, -0.15) is 12.6 Å². The van der Waals surface area contributed by atoms with Crippen molar-refractivity contribution in [1.29, 1.82) is 0 Å². The smallest absolute Gasteiger partial charge is 0.268 e. The van der Waals surface area contributed by atoms with Gasteiger partial charge in [0.2, 0.25) is 0 Å². The maximum absolute atomic E-state index is 12.8. The molecular formula is C27H50O16P3S-3. The summed E-state index contributed by atoms with van der Waals surface area (Å²) in [6.07, 6.45) is -2.45. The predicted molar refractivity (Wildman–Crippen MR) is 166 cm³/mol. The van der Waals surface area contributed by atoms with Crippen LogP contribution < -0.4 is 14.7 Å². The molecule has 0 aromatic heterocycles. The van der Waals surface area contributed by atoms with E-state index in [2.05, 4.69) is 12.6 Å². The zero-order valence-electron chi connectivity index (χ0n) is 27.6. The van der Waals surface area contributed by atoms with Gasteiger partial charge in [0, 0.05) is 19.3 Å². The van der Waals surface area contributed by atoms with Crippen LogP contribution >= 0.6 is 36.1 Å². The summed E-state index contributed by atoms with van der Waals surface area (Å²) < 4.78 is 91.0. The van der Waals surface area contributed by atoms with Crippen LogP contribution in [0.5, 0.6) is 0 Å². The highest BCUT2D eigenvalue weighted by Gasteiger charge is 2.41. The normalized spacial score (nSPS) is 35.2. The number of hydrogen-bond donors (Lipinski definition) is 1. The van der Waals surface area contributed by atoms with Crippen LogP contribution in [0.3, 0.4) is 0 Å². The molecule has 0 radical (unpaired) electrons. The van der Waals surface area contributed by atoms with Crippen molar-refractivity contribution in [2.24, 2.45) is 0 Å². The molecule has 3 aliphatic rings. The van der Waals surface area contributed by atoms with Crippen molar-refractivity contribution in [3.63, 3.8) is 0 Å². The molecule has 20 heteroatoms. The molecule has 0 N–H and O–H groups in total. The lowest BCUT2D eigenvalue weighted by molar-refractivity contribution is -0.238. The lowest BCUT2D eigenvalue weighted by atomic mass is 10.1. The van der Waals surface area contributed by atoms with Gasteiger partial charge in [-0.25, -0.2) is 0 Å². The molecule has 0 aromatic carbocycles. The first-order chi connectivity index (χ1) is 22.0. The zero-order chi connectivity index (χ0) is 34.8. The van der Waals surface area contributed by atoms with Gasteiger partial charge in [-0.05, 0) is 53.2 Å². The second-order valence-corrected chi connectivity index (χ2v) is 17.0. The van der Waals surface area contributed by atoms with Gasteiger partial charge < -0.3 is 60.8 Å². The van der Waals surface area contributed by atoms with Crippen molar-refractivity contribution in [1.82, 2.24) is 0 Å². The third-order valence-electron chi connectivity index (χ3n) is 7.63. The molecule has 0 saturated carbocycles. The second-order valence-electron chi connectivity index (χ2n) is 12.4. The number of phosphoric acid groups is 3. The first-order valence-corrected chi connectivity index (χ1v) is 21.1. The van der Waals surface area contributed by atoms with Crippen LogP contribution in [0.2, 0.25) is 0 Å². The molecule has 0 amide bonds. The van der Waals surface area contributed by atoms with Crippen LogP contribution in [0.25, 0.3) is 0 Å². The van der Waals surface area contributed by atoms with E-state index in [4.69, 9.17) is 46.1 Å². The minimum Gasteiger partial charge on any atom is -0.756 e. The molecular weight excluding hydrogens is 705 g/mol. The van der Waals surface area contributed by atoms with Crippen molar-refractivity contribution in [2.75, 3.05) is 32.2 Å². The van der Waals surface area contributed by atoms with Crippen LogP contribution in [-0.4, -0.2) is 93.2 Å². The Kier molecular flexibility index (Phi) is 17.3. The number of unbranched alkanes of at least 4 members (excludes halogenated alkanes) is 3. The van der Waals surface area contributed by atoms with Crippen molar-refractivity contribution in [2.45, 2.75) is 141 Å².